The minimum Gasteiger partial charge on any atom is -0.389 e. The first-order valence-electron chi connectivity index (χ1n) is 7.19. The lowest BCUT2D eigenvalue weighted by atomic mass is 9.85. The van der Waals surface area contributed by atoms with Gasteiger partial charge in [0.1, 0.15) is 5.82 Å². The van der Waals surface area contributed by atoms with Crippen molar-refractivity contribution in [3.63, 3.8) is 0 Å². The summed E-state index contributed by atoms with van der Waals surface area (Å²) in [6, 6.07) is 3.75. The van der Waals surface area contributed by atoms with E-state index in [4.69, 9.17) is 0 Å². The maximum Gasteiger partial charge on any atom is 0.129 e. The fourth-order valence-electron chi connectivity index (χ4n) is 2.96. The minimum absolute atomic E-state index is 0.116. The monoisotopic (exact) mass is 265 g/mol. The quantitative estimate of drug-likeness (QED) is 0.876. The first kappa shape index (κ1) is 14.5. The Kier molecular flexibility index (Phi) is 4.58. The maximum absolute atomic E-state index is 13.5. The molecule has 1 aromatic carbocycles. The summed E-state index contributed by atoms with van der Waals surface area (Å²) < 4.78 is 13.5. The van der Waals surface area contributed by atoms with E-state index in [9.17, 15) is 9.50 Å². The molecule has 0 aromatic heterocycles. The second-order valence-electron chi connectivity index (χ2n) is 5.93. The van der Waals surface area contributed by atoms with Crippen LogP contribution in [0.1, 0.15) is 48.8 Å². The van der Waals surface area contributed by atoms with Crippen LogP contribution in [0.15, 0.2) is 12.1 Å². The van der Waals surface area contributed by atoms with Crippen molar-refractivity contribution >= 4 is 0 Å². The standard InChI is InChI=1S/C16H24FNO/c1-12-8-14(9-13(2)15(12)17)10-18-11-16(19)6-4-3-5-7-16/h8-9,18-19H,3-7,10-11H2,1-2H3. The summed E-state index contributed by atoms with van der Waals surface area (Å²) in [7, 11) is 0. The lowest BCUT2D eigenvalue weighted by Crippen LogP contribution is -2.41. The molecular weight excluding hydrogens is 241 g/mol. The van der Waals surface area contributed by atoms with E-state index in [1.165, 1.54) is 6.42 Å². The lowest BCUT2D eigenvalue weighted by Gasteiger charge is -2.32. The van der Waals surface area contributed by atoms with Gasteiger partial charge in [-0.25, -0.2) is 4.39 Å². The van der Waals surface area contributed by atoms with Crippen molar-refractivity contribution in [2.24, 2.45) is 0 Å². The summed E-state index contributed by atoms with van der Waals surface area (Å²) in [6.45, 7) is 4.90. The first-order valence-corrected chi connectivity index (χ1v) is 7.19. The molecule has 0 atom stereocenters. The Balaban J connectivity index is 1.89. The number of benzene rings is 1. The molecule has 1 aliphatic rings. The van der Waals surface area contributed by atoms with Crippen molar-refractivity contribution in [2.75, 3.05) is 6.54 Å². The topological polar surface area (TPSA) is 32.3 Å². The molecule has 3 heteroatoms. The average Bonchev–Trinajstić information content (AvgIpc) is 2.36. The highest BCUT2D eigenvalue weighted by Crippen LogP contribution is 2.27. The van der Waals surface area contributed by atoms with E-state index in [-0.39, 0.29) is 5.82 Å². The molecule has 0 spiro atoms. The summed E-state index contributed by atoms with van der Waals surface area (Å²) in [5.74, 6) is -0.116. The summed E-state index contributed by atoms with van der Waals surface area (Å²) in [6.07, 6.45) is 5.25. The van der Waals surface area contributed by atoms with Crippen LogP contribution in [0, 0.1) is 19.7 Å². The van der Waals surface area contributed by atoms with Crippen LogP contribution in [0.5, 0.6) is 0 Å². The van der Waals surface area contributed by atoms with Gasteiger partial charge >= 0.3 is 0 Å². The number of rotatable bonds is 4. The largest absolute Gasteiger partial charge is 0.389 e. The van der Waals surface area contributed by atoms with Crippen molar-refractivity contribution in [2.45, 2.75) is 58.1 Å². The molecule has 1 aromatic rings. The van der Waals surface area contributed by atoms with E-state index in [0.717, 1.165) is 31.2 Å². The third-order valence-corrected chi connectivity index (χ3v) is 4.06. The smallest absolute Gasteiger partial charge is 0.129 e. The van der Waals surface area contributed by atoms with Gasteiger partial charge in [0.2, 0.25) is 0 Å². The molecule has 19 heavy (non-hydrogen) atoms. The van der Waals surface area contributed by atoms with Gasteiger partial charge in [-0.3, -0.25) is 0 Å². The van der Waals surface area contributed by atoms with E-state index in [1.54, 1.807) is 13.8 Å². The number of aliphatic hydroxyl groups is 1. The van der Waals surface area contributed by atoms with Gasteiger partial charge in [0.25, 0.3) is 0 Å². The molecule has 0 unspecified atom stereocenters. The Morgan fingerprint density at radius 1 is 1.16 bits per heavy atom. The summed E-state index contributed by atoms with van der Waals surface area (Å²) in [5, 5.41) is 13.7. The van der Waals surface area contributed by atoms with Crippen molar-refractivity contribution in [3.8, 4) is 0 Å². The fourth-order valence-corrected chi connectivity index (χ4v) is 2.96. The van der Waals surface area contributed by atoms with Gasteiger partial charge in [0.15, 0.2) is 0 Å². The fraction of sp³-hybridized carbons (Fsp3) is 0.625. The molecule has 2 N–H and O–H groups in total. The Bertz CT molecular complexity index is 415. The van der Waals surface area contributed by atoms with Gasteiger partial charge in [0.05, 0.1) is 5.60 Å². The molecule has 1 saturated carbocycles. The molecule has 0 saturated heterocycles. The third kappa shape index (κ3) is 3.77. The third-order valence-electron chi connectivity index (χ3n) is 4.06. The zero-order valence-corrected chi connectivity index (χ0v) is 11.9. The molecule has 1 fully saturated rings. The van der Waals surface area contributed by atoms with Crippen molar-refractivity contribution in [1.82, 2.24) is 5.32 Å². The van der Waals surface area contributed by atoms with Gasteiger partial charge in [-0.2, -0.15) is 0 Å². The van der Waals surface area contributed by atoms with Crippen molar-refractivity contribution in [1.29, 1.82) is 0 Å². The number of aryl methyl sites for hydroxylation is 2. The number of nitrogens with one attached hydrogen (secondary N) is 1. The molecule has 0 aliphatic heterocycles. The summed E-state index contributed by atoms with van der Waals surface area (Å²) in [4.78, 5) is 0. The highest BCUT2D eigenvalue weighted by atomic mass is 19.1. The van der Waals surface area contributed by atoms with Crippen LogP contribution in [0.25, 0.3) is 0 Å². The lowest BCUT2D eigenvalue weighted by molar-refractivity contribution is 0.00467. The normalized spacial score (nSPS) is 18.5. The van der Waals surface area contributed by atoms with Gasteiger partial charge in [-0.15, -0.1) is 0 Å². The van der Waals surface area contributed by atoms with Crippen LogP contribution < -0.4 is 5.32 Å². The van der Waals surface area contributed by atoms with Crippen LogP contribution in [0.3, 0.4) is 0 Å². The van der Waals surface area contributed by atoms with E-state index in [2.05, 4.69) is 5.32 Å². The van der Waals surface area contributed by atoms with Crippen LogP contribution >= 0.6 is 0 Å². The molecule has 2 rings (SSSR count). The second-order valence-corrected chi connectivity index (χ2v) is 5.93. The summed E-state index contributed by atoms with van der Waals surface area (Å²) in [5.41, 5.74) is 1.92. The molecular formula is C16H24FNO. The second kappa shape index (κ2) is 6.02. The van der Waals surface area contributed by atoms with Gasteiger partial charge in [0, 0.05) is 13.1 Å². The zero-order chi connectivity index (χ0) is 13.9. The number of hydrogen-bond donors (Lipinski definition) is 2. The molecule has 106 valence electrons. The van der Waals surface area contributed by atoms with Crippen LogP contribution in [0.4, 0.5) is 4.39 Å². The van der Waals surface area contributed by atoms with E-state index >= 15 is 0 Å². The maximum atomic E-state index is 13.5. The molecule has 2 nitrogen and oxygen atoms in total. The Morgan fingerprint density at radius 3 is 2.32 bits per heavy atom. The highest BCUT2D eigenvalue weighted by molar-refractivity contribution is 5.30. The van der Waals surface area contributed by atoms with Gasteiger partial charge < -0.3 is 10.4 Å². The molecule has 1 aliphatic carbocycles. The Morgan fingerprint density at radius 2 is 1.74 bits per heavy atom. The first-order chi connectivity index (χ1) is 9.00. The van der Waals surface area contributed by atoms with E-state index < -0.39 is 5.60 Å². The minimum atomic E-state index is -0.539. The molecule has 0 amide bonds. The van der Waals surface area contributed by atoms with Crippen molar-refractivity contribution < 1.29 is 9.50 Å². The van der Waals surface area contributed by atoms with Crippen LogP contribution in [0.2, 0.25) is 0 Å². The van der Waals surface area contributed by atoms with Gasteiger partial charge in [-0.1, -0.05) is 31.4 Å². The van der Waals surface area contributed by atoms with Crippen molar-refractivity contribution in [3.05, 3.63) is 34.6 Å². The highest BCUT2D eigenvalue weighted by Gasteiger charge is 2.28. The zero-order valence-electron chi connectivity index (χ0n) is 11.9. The Labute approximate surface area is 115 Å². The predicted octanol–water partition coefficient (Wildman–Crippen LogP) is 3.23. The molecule has 0 bridgehead atoms. The van der Waals surface area contributed by atoms with Gasteiger partial charge in [-0.05, 0) is 43.4 Å². The van der Waals surface area contributed by atoms with E-state index in [0.29, 0.717) is 24.2 Å². The number of halogens is 1. The van der Waals surface area contributed by atoms with Crippen LogP contribution in [-0.2, 0) is 6.54 Å². The molecule has 0 radical (unpaired) electrons. The average molecular weight is 265 g/mol. The SMILES string of the molecule is Cc1cc(CNCC2(O)CCCCC2)cc(C)c1F. The summed E-state index contributed by atoms with van der Waals surface area (Å²) >= 11 is 0. The predicted molar refractivity (Wildman–Crippen MR) is 75.6 cm³/mol. The van der Waals surface area contributed by atoms with E-state index in [1.807, 2.05) is 12.1 Å². The molecule has 0 heterocycles. The van der Waals surface area contributed by atoms with Crippen LogP contribution in [-0.4, -0.2) is 17.3 Å². The Hall–Kier alpha value is -0.930. The number of hydrogen-bond acceptors (Lipinski definition) is 2.